The van der Waals surface area contributed by atoms with Gasteiger partial charge in [0.25, 0.3) is 15.9 Å². The first kappa shape index (κ1) is 17.0. The number of nitrogens with zero attached hydrogens (tertiary/aromatic N) is 1. The number of aromatic hydroxyl groups is 1. The summed E-state index contributed by atoms with van der Waals surface area (Å²) < 4.78 is 25.6. The number of benzene rings is 2. The maximum atomic E-state index is 12.4. The van der Waals surface area contributed by atoms with Crippen LogP contribution in [0, 0.1) is 0 Å². The monoisotopic (exact) mass is 360 g/mol. The van der Waals surface area contributed by atoms with Crippen LogP contribution in [0.2, 0.25) is 0 Å². The van der Waals surface area contributed by atoms with Gasteiger partial charge >= 0.3 is 0 Å². The molecule has 0 aromatic heterocycles. The summed E-state index contributed by atoms with van der Waals surface area (Å²) in [6.07, 6.45) is 0.277. The van der Waals surface area contributed by atoms with Gasteiger partial charge in [-0.2, -0.15) is 0 Å². The summed E-state index contributed by atoms with van der Waals surface area (Å²) in [5, 5.41) is 11.8. The van der Waals surface area contributed by atoms with E-state index in [1.54, 1.807) is 24.3 Å². The molecule has 2 aromatic rings. The molecule has 3 rings (SSSR count). The highest BCUT2D eigenvalue weighted by atomic mass is 32.2. The summed E-state index contributed by atoms with van der Waals surface area (Å²) in [4.78, 5) is 24.1. The first-order valence-corrected chi connectivity index (χ1v) is 9.08. The molecule has 0 saturated carbocycles. The molecule has 130 valence electrons. The van der Waals surface area contributed by atoms with Gasteiger partial charge in [-0.25, -0.2) is 12.7 Å². The predicted octanol–water partition coefficient (Wildman–Crippen LogP) is 1.96. The van der Waals surface area contributed by atoms with Gasteiger partial charge in [-0.1, -0.05) is 12.1 Å². The lowest BCUT2D eigenvalue weighted by Gasteiger charge is -2.14. The predicted molar refractivity (Wildman–Crippen MR) is 90.6 cm³/mol. The smallest absolute Gasteiger partial charge is 0.269 e. The summed E-state index contributed by atoms with van der Waals surface area (Å²) in [6, 6.07) is 12.1. The Kier molecular flexibility index (Phi) is 4.45. The Morgan fingerprint density at radius 2 is 1.76 bits per heavy atom. The quantitative estimate of drug-likeness (QED) is 0.793. The highest BCUT2D eigenvalue weighted by molar-refractivity contribution is 7.90. The van der Waals surface area contributed by atoms with E-state index in [0.29, 0.717) is 5.69 Å². The number of carbonyl (C=O) groups is 2. The van der Waals surface area contributed by atoms with Crippen molar-refractivity contribution < 1.29 is 23.1 Å². The van der Waals surface area contributed by atoms with Crippen molar-refractivity contribution in [1.29, 1.82) is 0 Å². The van der Waals surface area contributed by atoms with E-state index in [2.05, 4.69) is 5.32 Å². The number of hydrogen-bond acceptors (Lipinski definition) is 5. The Labute approximate surface area is 144 Å². The van der Waals surface area contributed by atoms with Gasteiger partial charge in [0, 0.05) is 18.7 Å². The highest BCUT2D eigenvalue weighted by Gasteiger charge is 2.40. The van der Waals surface area contributed by atoms with Crippen molar-refractivity contribution in [2.75, 3.05) is 11.9 Å². The van der Waals surface area contributed by atoms with Crippen molar-refractivity contribution in [3.8, 4) is 5.75 Å². The molecule has 0 aliphatic carbocycles. The van der Waals surface area contributed by atoms with Crippen LogP contribution < -0.4 is 5.32 Å². The molecule has 8 heteroatoms. The zero-order chi connectivity index (χ0) is 18.0. The third-order valence-electron chi connectivity index (χ3n) is 3.83. The fourth-order valence-electron chi connectivity index (χ4n) is 2.60. The number of sulfonamides is 1. The number of phenols is 1. The Bertz CT molecular complexity index is 922. The zero-order valence-corrected chi connectivity index (χ0v) is 14.0. The van der Waals surface area contributed by atoms with Crippen molar-refractivity contribution in [2.24, 2.45) is 0 Å². The summed E-state index contributed by atoms with van der Waals surface area (Å²) >= 11 is 0. The summed E-state index contributed by atoms with van der Waals surface area (Å²) in [5.74, 6) is -0.767. The lowest BCUT2D eigenvalue weighted by molar-refractivity contribution is -0.116. The molecule has 2 N–H and O–H groups in total. The minimum Gasteiger partial charge on any atom is -0.508 e. The molecule has 0 fully saturated rings. The minimum absolute atomic E-state index is 0.00791. The van der Waals surface area contributed by atoms with Gasteiger partial charge in [0.2, 0.25) is 5.91 Å². The molecule has 0 spiro atoms. The van der Waals surface area contributed by atoms with Crippen LogP contribution in [0.15, 0.2) is 53.4 Å². The van der Waals surface area contributed by atoms with E-state index in [4.69, 9.17) is 0 Å². The molecule has 0 unspecified atom stereocenters. The molecule has 1 aliphatic heterocycles. The normalized spacial score (nSPS) is 15.0. The summed E-state index contributed by atoms with van der Waals surface area (Å²) in [7, 11) is -3.83. The number of anilines is 1. The van der Waals surface area contributed by atoms with E-state index in [9.17, 15) is 23.1 Å². The molecular weight excluding hydrogens is 344 g/mol. The van der Waals surface area contributed by atoms with Crippen molar-refractivity contribution >= 4 is 27.5 Å². The van der Waals surface area contributed by atoms with E-state index in [1.165, 1.54) is 24.3 Å². The molecule has 2 amide bonds. The topological polar surface area (TPSA) is 104 Å². The van der Waals surface area contributed by atoms with Gasteiger partial charge in [0.15, 0.2) is 0 Å². The van der Waals surface area contributed by atoms with E-state index >= 15 is 0 Å². The lowest BCUT2D eigenvalue weighted by atomic mass is 10.2. The average molecular weight is 360 g/mol. The molecule has 2 aromatic carbocycles. The van der Waals surface area contributed by atoms with Gasteiger partial charge < -0.3 is 10.4 Å². The van der Waals surface area contributed by atoms with Crippen molar-refractivity contribution in [1.82, 2.24) is 4.31 Å². The van der Waals surface area contributed by atoms with Crippen molar-refractivity contribution in [3.05, 3.63) is 54.1 Å². The molecule has 7 nitrogen and oxygen atoms in total. The maximum Gasteiger partial charge on any atom is 0.269 e. The molecule has 1 heterocycles. The van der Waals surface area contributed by atoms with Crippen LogP contribution in [0.5, 0.6) is 5.75 Å². The van der Waals surface area contributed by atoms with Crippen LogP contribution in [0.3, 0.4) is 0 Å². The Balaban J connectivity index is 1.58. The van der Waals surface area contributed by atoms with Gasteiger partial charge in [0.1, 0.15) is 10.6 Å². The second kappa shape index (κ2) is 6.56. The number of rotatable bonds is 5. The van der Waals surface area contributed by atoms with E-state index in [0.717, 1.165) is 4.31 Å². The first-order chi connectivity index (χ1) is 11.9. The molecule has 0 bridgehead atoms. The Morgan fingerprint density at radius 3 is 2.44 bits per heavy atom. The molecule has 1 aliphatic rings. The van der Waals surface area contributed by atoms with Crippen LogP contribution in [0.1, 0.15) is 23.2 Å². The maximum absolute atomic E-state index is 12.4. The number of fused-ring (bicyclic) bond motifs is 1. The summed E-state index contributed by atoms with van der Waals surface area (Å²) in [6.45, 7) is -0.0567. The molecule has 0 saturated heterocycles. The number of hydrogen-bond donors (Lipinski definition) is 2. The number of nitrogens with one attached hydrogen (secondary N) is 1. The second-order valence-corrected chi connectivity index (χ2v) is 7.41. The number of phenolic OH excluding ortho intramolecular Hbond substituents is 1. The first-order valence-electron chi connectivity index (χ1n) is 7.64. The molecule has 25 heavy (non-hydrogen) atoms. The van der Waals surface area contributed by atoms with E-state index < -0.39 is 15.9 Å². The fraction of sp³-hybridized carbons (Fsp3) is 0.176. The van der Waals surface area contributed by atoms with E-state index in [1.807, 2.05) is 0 Å². The number of carbonyl (C=O) groups excluding carboxylic acids is 2. The third-order valence-corrected chi connectivity index (χ3v) is 5.67. The van der Waals surface area contributed by atoms with Gasteiger partial charge in [-0.3, -0.25) is 9.59 Å². The summed E-state index contributed by atoms with van der Waals surface area (Å²) in [5.41, 5.74) is 0.691. The van der Waals surface area contributed by atoms with E-state index in [-0.39, 0.29) is 41.5 Å². The Hall–Kier alpha value is -2.87. The third kappa shape index (κ3) is 3.34. The lowest BCUT2D eigenvalue weighted by Crippen LogP contribution is -2.31. The van der Waals surface area contributed by atoms with Crippen molar-refractivity contribution in [2.45, 2.75) is 17.7 Å². The minimum atomic E-state index is -3.83. The second-order valence-electron chi connectivity index (χ2n) is 5.58. The SMILES string of the molecule is O=C(CCCN1C(=O)c2ccccc2S1(=O)=O)Nc1ccc(O)cc1. The van der Waals surface area contributed by atoms with Gasteiger partial charge in [0.05, 0.1) is 5.56 Å². The van der Waals surface area contributed by atoms with Gasteiger partial charge in [-0.05, 0) is 42.8 Å². The standard InChI is InChI=1S/C17H16N2O5S/c20-13-9-7-12(8-10-13)18-16(21)6-3-11-19-17(22)14-4-1-2-5-15(14)25(19,23)24/h1-2,4-5,7-10,20H,3,6,11H2,(H,18,21). The van der Waals surface area contributed by atoms with Crippen LogP contribution >= 0.6 is 0 Å². The molecule has 0 radical (unpaired) electrons. The van der Waals surface area contributed by atoms with Crippen LogP contribution in [0.4, 0.5) is 5.69 Å². The average Bonchev–Trinajstić information content (AvgIpc) is 2.78. The highest BCUT2D eigenvalue weighted by Crippen LogP contribution is 2.30. The molecular formula is C17H16N2O5S. The zero-order valence-electron chi connectivity index (χ0n) is 13.2. The van der Waals surface area contributed by atoms with Crippen LogP contribution in [-0.2, 0) is 14.8 Å². The largest absolute Gasteiger partial charge is 0.508 e. The molecule has 0 atom stereocenters. The van der Waals surface area contributed by atoms with Gasteiger partial charge in [-0.15, -0.1) is 0 Å². The number of amides is 2. The Morgan fingerprint density at radius 1 is 1.08 bits per heavy atom. The van der Waals surface area contributed by atoms with Crippen LogP contribution in [0.25, 0.3) is 0 Å². The van der Waals surface area contributed by atoms with Crippen molar-refractivity contribution in [3.63, 3.8) is 0 Å². The van der Waals surface area contributed by atoms with Crippen LogP contribution in [-0.4, -0.2) is 36.2 Å². The fourth-order valence-corrected chi connectivity index (χ4v) is 4.21.